The molecule has 0 amide bonds. The van der Waals surface area contributed by atoms with Crippen LogP contribution in [-0.2, 0) is 12.8 Å². The Labute approximate surface area is 127 Å². The molecule has 1 atom stereocenters. The summed E-state index contributed by atoms with van der Waals surface area (Å²) in [4.78, 5) is 0. The van der Waals surface area contributed by atoms with Crippen LogP contribution in [0.3, 0.4) is 0 Å². The first-order chi connectivity index (χ1) is 9.62. The fourth-order valence-corrected chi connectivity index (χ4v) is 3.04. The minimum Gasteiger partial charge on any atom is -0.366 e. The Balaban J connectivity index is 1.93. The summed E-state index contributed by atoms with van der Waals surface area (Å²) in [5, 5.41) is 14.2. The average molecular weight is 303 g/mol. The number of nitrogens with one attached hydrogen (secondary N) is 1. The standard InChI is InChI=1S/C16H12Cl2N2/c17-13-6-5-11-8-16(10-19,9-12(11)7-13)20-15-4-2-1-3-14(15)18/h1-7,20H,8-9H2. The molecule has 1 unspecified atom stereocenters. The number of rotatable bonds is 2. The molecule has 3 rings (SSSR count). The van der Waals surface area contributed by atoms with Crippen molar-refractivity contribution in [3.63, 3.8) is 0 Å². The highest BCUT2D eigenvalue weighted by molar-refractivity contribution is 6.33. The smallest absolute Gasteiger partial charge is 0.133 e. The van der Waals surface area contributed by atoms with E-state index in [9.17, 15) is 5.26 Å². The van der Waals surface area contributed by atoms with Gasteiger partial charge in [0.15, 0.2) is 0 Å². The van der Waals surface area contributed by atoms with Crippen molar-refractivity contribution < 1.29 is 0 Å². The van der Waals surface area contributed by atoms with Crippen molar-refractivity contribution in [3.8, 4) is 6.07 Å². The molecule has 100 valence electrons. The van der Waals surface area contributed by atoms with Crippen LogP contribution in [0.1, 0.15) is 11.1 Å². The third-order valence-corrected chi connectivity index (χ3v) is 4.18. The molecule has 0 heterocycles. The van der Waals surface area contributed by atoms with E-state index in [0.717, 1.165) is 16.8 Å². The van der Waals surface area contributed by atoms with Gasteiger partial charge in [-0.25, -0.2) is 0 Å². The number of nitriles is 1. The highest BCUT2D eigenvalue weighted by Crippen LogP contribution is 2.35. The summed E-state index contributed by atoms with van der Waals surface area (Å²) in [6.07, 6.45) is 1.28. The second kappa shape index (κ2) is 5.01. The number of hydrogen-bond acceptors (Lipinski definition) is 2. The molecule has 2 aromatic rings. The lowest BCUT2D eigenvalue weighted by Gasteiger charge is -2.24. The summed E-state index contributed by atoms with van der Waals surface area (Å²) < 4.78 is 0. The Hall–Kier alpha value is -1.69. The summed E-state index contributed by atoms with van der Waals surface area (Å²) >= 11 is 12.2. The van der Waals surface area contributed by atoms with E-state index >= 15 is 0 Å². The van der Waals surface area contributed by atoms with Crippen LogP contribution in [0.5, 0.6) is 0 Å². The summed E-state index contributed by atoms with van der Waals surface area (Å²) in [5.41, 5.74) is 2.42. The van der Waals surface area contributed by atoms with Crippen molar-refractivity contribution in [2.24, 2.45) is 0 Å². The van der Waals surface area contributed by atoms with Gasteiger partial charge in [-0.05, 0) is 35.4 Å². The van der Waals surface area contributed by atoms with Crippen LogP contribution in [0.15, 0.2) is 42.5 Å². The third kappa shape index (κ3) is 2.35. The van der Waals surface area contributed by atoms with E-state index in [4.69, 9.17) is 23.2 Å². The van der Waals surface area contributed by atoms with Gasteiger partial charge >= 0.3 is 0 Å². The van der Waals surface area contributed by atoms with Crippen molar-refractivity contribution in [1.82, 2.24) is 0 Å². The van der Waals surface area contributed by atoms with Gasteiger partial charge in [0.25, 0.3) is 0 Å². The van der Waals surface area contributed by atoms with Crippen LogP contribution in [0.2, 0.25) is 10.0 Å². The average Bonchev–Trinajstić information content (AvgIpc) is 2.79. The Kier molecular flexibility index (Phi) is 3.33. The zero-order valence-corrected chi connectivity index (χ0v) is 12.2. The molecule has 0 aromatic heterocycles. The van der Waals surface area contributed by atoms with Crippen molar-refractivity contribution in [1.29, 1.82) is 5.26 Å². The van der Waals surface area contributed by atoms with Gasteiger partial charge in [0.1, 0.15) is 5.54 Å². The number of hydrogen-bond donors (Lipinski definition) is 1. The Bertz CT molecular complexity index is 706. The molecule has 2 nitrogen and oxygen atoms in total. The first-order valence-electron chi connectivity index (χ1n) is 6.33. The van der Waals surface area contributed by atoms with Gasteiger partial charge < -0.3 is 5.32 Å². The third-order valence-electron chi connectivity index (χ3n) is 3.61. The lowest BCUT2D eigenvalue weighted by atomic mass is 9.97. The summed E-state index contributed by atoms with van der Waals surface area (Å²) in [5.74, 6) is 0. The van der Waals surface area contributed by atoms with E-state index in [0.29, 0.717) is 22.9 Å². The van der Waals surface area contributed by atoms with Crippen LogP contribution < -0.4 is 5.32 Å². The van der Waals surface area contributed by atoms with E-state index in [-0.39, 0.29) is 0 Å². The number of nitrogens with zero attached hydrogens (tertiary/aromatic N) is 1. The van der Waals surface area contributed by atoms with Crippen LogP contribution >= 0.6 is 23.2 Å². The van der Waals surface area contributed by atoms with Crippen LogP contribution in [0.4, 0.5) is 5.69 Å². The molecule has 20 heavy (non-hydrogen) atoms. The zero-order valence-electron chi connectivity index (χ0n) is 10.7. The molecule has 0 radical (unpaired) electrons. The first kappa shape index (κ1) is 13.3. The maximum Gasteiger partial charge on any atom is 0.133 e. The maximum absolute atomic E-state index is 9.62. The fraction of sp³-hybridized carbons (Fsp3) is 0.188. The molecule has 0 spiro atoms. The molecule has 0 aliphatic heterocycles. The van der Waals surface area contributed by atoms with Gasteiger partial charge in [-0.1, -0.05) is 41.4 Å². The van der Waals surface area contributed by atoms with Crippen molar-refractivity contribution in [3.05, 3.63) is 63.6 Å². The SMILES string of the molecule is N#CC1(Nc2ccccc2Cl)Cc2ccc(Cl)cc2C1. The normalized spacial score (nSPS) is 20.2. The number of halogens is 2. The Morgan fingerprint density at radius 3 is 2.55 bits per heavy atom. The summed E-state index contributed by atoms with van der Waals surface area (Å²) in [6.45, 7) is 0. The molecule has 0 bridgehead atoms. The van der Waals surface area contributed by atoms with E-state index < -0.39 is 5.54 Å². The van der Waals surface area contributed by atoms with Gasteiger partial charge in [0.2, 0.25) is 0 Å². The minimum absolute atomic E-state index is 0.621. The van der Waals surface area contributed by atoms with Gasteiger partial charge in [-0.2, -0.15) is 5.26 Å². The van der Waals surface area contributed by atoms with Crippen LogP contribution in [-0.4, -0.2) is 5.54 Å². The number of benzene rings is 2. The molecule has 0 saturated carbocycles. The van der Waals surface area contributed by atoms with Crippen molar-refractivity contribution in [2.45, 2.75) is 18.4 Å². The second-order valence-electron chi connectivity index (χ2n) is 5.07. The Morgan fingerprint density at radius 2 is 1.80 bits per heavy atom. The Morgan fingerprint density at radius 1 is 1.05 bits per heavy atom. The molecular formula is C16H12Cl2N2. The molecule has 0 fully saturated rings. The van der Waals surface area contributed by atoms with Gasteiger partial charge in [-0.15, -0.1) is 0 Å². The topological polar surface area (TPSA) is 35.8 Å². The monoisotopic (exact) mass is 302 g/mol. The van der Waals surface area contributed by atoms with Crippen LogP contribution in [0, 0.1) is 11.3 Å². The predicted molar refractivity (Wildman–Crippen MR) is 82.3 cm³/mol. The largest absolute Gasteiger partial charge is 0.366 e. The van der Waals surface area contributed by atoms with Crippen molar-refractivity contribution in [2.75, 3.05) is 5.32 Å². The van der Waals surface area contributed by atoms with Crippen LogP contribution in [0.25, 0.3) is 0 Å². The lowest BCUT2D eigenvalue weighted by Crippen LogP contribution is -2.37. The molecule has 1 aliphatic rings. The summed E-state index contributed by atoms with van der Waals surface area (Å²) in [7, 11) is 0. The molecule has 2 aromatic carbocycles. The second-order valence-corrected chi connectivity index (χ2v) is 5.91. The highest BCUT2D eigenvalue weighted by Gasteiger charge is 2.37. The van der Waals surface area contributed by atoms with Gasteiger partial charge in [0, 0.05) is 17.9 Å². The van der Waals surface area contributed by atoms with E-state index in [1.54, 1.807) is 0 Å². The molecule has 1 aliphatic carbocycles. The van der Waals surface area contributed by atoms with Gasteiger partial charge in [-0.3, -0.25) is 0 Å². The quantitative estimate of drug-likeness (QED) is 0.888. The number of fused-ring (bicyclic) bond motifs is 1. The zero-order chi connectivity index (χ0) is 14.2. The van der Waals surface area contributed by atoms with E-state index in [1.165, 1.54) is 0 Å². The first-order valence-corrected chi connectivity index (χ1v) is 7.09. The molecule has 0 saturated heterocycles. The summed E-state index contributed by atoms with van der Waals surface area (Å²) in [6, 6.07) is 15.7. The predicted octanol–water partition coefficient (Wildman–Crippen LogP) is 4.47. The molecule has 1 N–H and O–H groups in total. The number of anilines is 1. The molecular weight excluding hydrogens is 291 g/mol. The van der Waals surface area contributed by atoms with Crippen molar-refractivity contribution >= 4 is 28.9 Å². The maximum atomic E-state index is 9.62. The van der Waals surface area contributed by atoms with Gasteiger partial charge in [0.05, 0.1) is 16.8 Å². The highest BCUT2D eigenvalue weighted by atomic mass is 35.5. The lowest BCUT2D eigenvalue weighted by molar-refractivity contribution is 0.628. The minimum atomic E-state index is -0.655. The fourth-order valence-electron chi connectivity index (χ4n) is 2.66. The number of para-hydroxylation sites is 1. The van der Waals surface area contributed by atoms with E-state index in [2.05, 4.69) is 11.4 Å². The molecule has 4 heteroatoms. The van der Waals surface area contributed by atoms with E-state index in [1.807, 2.05) is 42.5 Å².